The van der Waals surface area contributed by atoms with Gasteiger partial charge in [-0.3, -0.25) is 15.1 Å². The number of nitrogens with one attached hydrogen (secondary N) is 2. The van der Waals surface area contributed by atoms with Crippen LogP contribution in [0.15, 0.2) is 47.5 Å². The average Bonchev–Trinajstić information content (AvgIpc) is 3.13. The zero-order chi connectivity index (χ0) is 20.1. The van der Waals surface area contributed by atoms with Gasteiger partial charge in [-0.1, -0.05) is 18.2 Å². The first-order chi connectivity index (χ1) is 13.5. The van der Waals surface area contributed by atoms with Crippen molar-refractivity contribution >= 4 is 17.3 Å². The topological polar surface area (TPSA) is 82.8 Å². The Balaban J connectivity index is 1.57. The lowest BCUT2D eigenvalue weighted by atomic mass is 10.2. The summed E-state index contributed by atoms with van der Waals surface area (Å²) in [5, 5.41) is 17.2. The van der Waals surface area contributed by atoms with Crippen LogP contribution in [-0.2, 0) is 6.54 Å². The first-order valence-corrected chi connectivity index (χ1v) is 8.87. The molecule has 1 aliphatic heterocycles. The zero-order valence-corrected chi connectivity index (χ0v) is 15.4. The van der Waals surface area contributed by atoms with E-state index in [0.717, 1.165) is 5.56 Å². The minimum atomic E-state index is -0.575. The fraction of sp³-hybridized carbons (Fsp3) is 0.316. The summed E-state index contributed by atoms with van der Waals surface area (Å²) >= 11 is 0. The number of nitrogens with zero attached hydrogens (tertiary/aromatic N) is 3. The molecule has 0 radical (unpaired) electrons. The third-order valence-corrected chi connectivity index (χ3v) is 4.59. The van der Waals surface area contributed by atoms with Crippen molar-refractivity contribution in [3.8, 4) is 0 Å². The molecule has 1 aliphatic rings. The number of aliphatic imine (C=N–C) groups is 1. The largest absolute Gasteiger partial charge is 0.365 e. The SMILES string of the molecule is CN=C(NCc1cccc([N+](=O)[O-])c1)NC1CCN(c2c(F)cccc2F)C1. The van der Waals surface area contributed by atoms with Crippen molar-refractivity contribution in [1.82, 2.24) is 10.6 Å². The molecule has 0 amide bonds. The molecule has 0 saturated carbocycles. The molecule has 7 nitrogen and oxygen atoms in total. The van der Waals surface area contributed by atoms with Crippen LogP contribution in [0.25, 0.3) is 0 Å². The molecule has 148 valence electrons. The Labute approximate surface area is 161 Å². The minimum Gasteiger partial charge on any atom is -0.365 e. The summed E-state index contributed by atoms with van der Waals surface area (Å²) in [4.78, 5) is 16.3. The molecule has 3 rings (SSSR count). The number of hydrogen-bond acceptors (Lipinski definition) is 4. The van der Waals surface area contributed by atoms with Crippen LogP contribution in [0.4, 0.5) is 20.2 Å². The summed E-state index contributed by atoms with van der Waals surface area (Å²) < 4.78 is 27.9. The molecule has 2 N–H and O–H groups in total. The second kappa shape index (κ2) is 8.64. The Morgan fingerprint density at radius 1 is 1.29 bits per heavy atom. The van der Waals surface area contributed by atoms with Crippen LogP contribution in [0.5, 0.6) is 0 Å². The Bertz CT molecular complexity index is 870. The summed E-state index contributed by atoms with van der Waals surface area (Å²) in [5.41, 5.74) is 0.769. The maximum absolute atomic E-state index is 14.0. The van der Waals surface area contributed by atoms with E-state index < -0.39 is 16.6 Å². The van der Waals surface area contributed by atoms with Crippen LogP contribution in [0.1, 0.15) is 12.0 Å². The number of non-ortho nitro benzene ring substituents is 1. The highest BCUT2D eigenvalue weighted by atomic mass is 19.1. The van der Waals surface area contributed by atoms with Gasteiger partial charge in [-0.2, -0.15) is 0 Å². The molecule has 0 spiro atoms. The van der Waals surface area contributed by atoms with Crippen LogP contribution < -0.4 is 15.5 Å². The predicted octanol–water partition coefficient (Wildman–Crippen LogP) is 2.82. The monoisotopic (exact) mass is 389 g/mol. The lowest BCUT2D eigenvalue weighted by Crippen LogP contribution is -2.44. The third kappa shape index (κ3) is 4.54. The van der Waals surface area contributed by atoms with Crippen molar-refractivity contribution in [3.05, 3.63) is 69.8 Å². The molecular weight excluding hydrogens is 368 g/mol. The highest BCUT2D eigenvalue weighted by molar-refractivity contribution is 5.80. The van der Waals surface area contributed by atoms with Gasteiger partial charge in [0.25, 0.3) is 5.69 Å². The molecule has 0 bridgehead atoms. The van der Waals surface area contributed by atoms with Crippen molar-refractivity contribution in [1.29, 1.82) is 0 Å². The Hall–Kier alpha value is -3.23. The van der Waals surface area contributed by atoms with Crippen molar-refractivity contribution in [2.75, 3.05) is 25.0 Å². The Morgan fingerprint density at radius 3 is 2.68 bits per heavy atom. The molecule has 28 heavy (non-hydrogen) atoms. The highest BCUT2D eigenvalue weighted by Crippen LogP contribution is 2.26. The molecule has 0 aromatic heterocycles. The number of rotatable bonds is 5. The fourth-order valence-corrected chi connectivity index (χ4v) is 3.23. The number of halogens is 2. The van der Waals surface area contributed by atoms with Gasteiger partial charge in [0.05, 0.1) is 4.92 Å². The van der Waals surface area contributed by atoms with Gasteiger partial charge in [-0.25, -0.2) is 8.78 Å². The van der Waals surface area contributed by atoms with Gasteiger partial charge < -0.3 is 15.5 Å². The van der Waals surface area contributed by atoms with Crippen LogP contribution in [0.3, 0.4) is 0 Å². The lowest BCUT2D eigenvalue weighted by molar-refractivity contribution is -0.384. The van der Waals surface area contributed by atoms with Crippen LogP contribution in [0.2, 0.25) is 0 Å². The molecule has 1 unspecified atom stereocenters. The van der Waals surface area contributed by atoms with Crippen molar-refractivity contribution in [3.63, 3.8) is 0 Å². The molecule has 1 atom stereocenters. The molecule has 9 heteroatoms. The van der Waals surface area contributed by atoms with E-state index in [1.165, 1.54) is 30.3 Å². The Kier molecular flexibility index (Phi) is 6.03. The van der Waals surface area contributed by atoms with Gasteiger partial charge in [0.1, 0.15) is 17.3 Å². The maximum Gasteiger partial charge on any atom is 0.269 e. The van der Waals surface area contributed by atoms with Gasteiger partial charge in [0.2, 0.25) is 0 Å². The first kappa shape index (κ1) is 19.5. The minimum absolute atomic E-state index is 0.00802. The fourth-order valence-electron chi connectivity index (χ4n) is 3.23. The molecule has 1 fully saturated rings. The standard InChI is InChI=1S/C19H21F2N5O2/c1-22-19(23-11-13-4-2-5-15(10-13)26(27)28)24-14-8-9-25(12-14)18-16(20)6-3-7-17(18)21/h2-7,10,14H,8-9,11-12H2,1H3,(H2,22,23,24). The van der Waals surface area contributed by atoms with E-state index in [9.17, 15) is 18.9 Å². The van der Waals surface area contributed by atoms with Gasteiger partial charge in [-0.15, -0.1) is 0 Å². The van der Waals surface area contributed by atoms with Crippen molar-refractivity contribution in [2.24, 2.45) is 4.99 Å². The quantitative estimate of drug-likeness (QED) is 0.356. The van der Waals surface area contributed by atoms with Gasteiger partial charge >= 0.3 is 0 Å². The number of para-hydroxylation sites is 1. The second-order valence-electron chi connectivity index (χ2n) is 6.50. The number of nitro groups is 1. The summed E-state index contributed by atoms with van der Waals surface area (Å²) in [6.07, 6.45) is 0.700. The molecule has 1 heterocycles. The van der Waals surface area contributed by atoms with E-state index >= 15 is 0 Å². The number of hydrogen-bond donors (Lipinski definition) is 2. The smallest absolute Gasteiger partial charge is 0.269 e. The van der Waals surface area contributed by atoms with Crippen LogP contribution >= 0.6 is 0 Å². The molecular formula is C19H21F2N5O2. The zero-order valence-electron chi connectivity index (χ0n) is 15.4. The van der Waals surface area contributed by atoms with Gasteiger partial charge in [0.15, 0.2) is 5.96 Å². The highest BCUT2D eigenvalue weighted by Gasteiger charge is 2.27. The first-order valence-electron chi connectivity index (χ1n) is 8.87. The van der Waals surface area contributed by atoms with E-state index in [2.05, 4.69) is 15.6 Å². The molecule has 1 saturated heterocycles. The maximum atomic E-state index is 14.0. The second-order valence-corrected chi connectivity index (χ2v) is 6.50. The van der Waals surface area contributed by atoms with Gasteiger partial charge in [0, 0.05) is 44.9 Å². The lowest BCUT2D eigenvalue weighted by Gasteiger charge is -2.21. The van der Waals surface area contributed by atoms with Gasteiger partial charge in [-0.05, 0) is 24.1 Å². The molecule has 2 aromatic rings. The normalized spacial score (nSPS) is 16.9. The van der Waals surface area contributed by atoms with E-state index in [1.54, 1.807) is 24.1 Å². The van der Waals surface area contributed by atoms with Crippen molar-refractivity contribution in [2.45, 2.75) is 19.0 Å². The number of anilines is 1. The molecule has 0 aliphatic carbocycles. The summed E-state index contributed by atoms with van der Waals surface area (Å²) in [5.74, 6) is -0.630. The number of benzene rings is 2. The van der Waals surface area contributed by atoms with Crippen LogP contribution in [-0.4, -0.2) is 37.1 Å². The third-order valence-electron chi connectivity index (χ3n) is 4.59. The number of guanidine groups is 1. The van der Waals surface area contributed by atoms with E-state index in [1.807, 2.05) is 0 Å². The Morgan fingerprint density at radius 2 is 2.00 bits per heavy atom. The van der Waals surface area contributed by atoms with E-state index in [-0.39, 0.29) is 17.4 Å². The average molecular weight is 389 g/mol. The van der Waals surface area contributed by atoms with E-state index in [0.29, 0.717) is 32.0 Å². The predicted molar refractivity (Wildman–Crippen MR) is 103 cm³/mol. The van der Waals surface area contributed by atoms with E-state index in [4.69, 9.17) is 0 Å². The van der Waals surface area contributed by atoms with Crippen molar-refractivity contribution < 1.29 is 13.7 Å². The summed E-state index contributed by atoms with van der Waals surface area (Å²) in [6, 6.07) is 10.2. The summed E-state index contributed by atoms with van der Waals surface area (Å²) in [6.45, 7) is 1.33. The number of nitro benzene ring substituents is 1. The summed E-state index contributed by atoms with van der Waals surface area (Å²) in [7, 11) is 1.62. The molecule has 2 aromatic carbocycles. The van der Waals surface area contributed by atoms with Crippen LogP contribution in [0, 0.1) is 21.7 Å².